The van der Waals surface area contributed by atoms with Crippen LogP contribution in [0.25, 0.3) is 0 Å². The maximum absolute atomic E-state index is 13.3. The molecular weight excluding hydrogens is 261 g/mol. The Kier molecular flexibility index (Phi) is 2.41. The zero-order valence-electron chi connectivity index (χ0n) is 9.63. The van der Waals surface area contributed by atoms with E-state index >= 15 is 0 Å². The van der Waals surface area contributed by atoms with Crippen LogP contribution in [0, 0.1) is 5.82 Å². The van der Waals surface area contributed by atoms with Crippen LogP contribution in [0.2, 0.25) is 5.02 Å². The van der Waals surface area contributed by atoms with Crippen molar-refractivity contribution >= 4 is 17.7 Å². The SMILES string of the molecule is COC(=O)N[C@@]12COc3cc(F)c(Cl)cc3[C@@H]1C2. The second-order valence-electron chi connectivity index (χ2n) is 4.62. The van der Waals surface area contributed by atoms with E-state index in [9.17, 15) is 9.18 Å². The minimum absolute atomic E-state index is 0.0677. The highest BCUT2D eigenvalue weighted by Crippen LogP contribution is 2.57. The Hall–Kier alpha value is -1.49. The molecular formula is C12H11ClFNO3. The normalized spacial score (nSPS) is 27.6. The number of carbonyl (C=O) groups excluding carboxylic acids is 1. The van der Waals surface area contributed by atoms with E-state index in [-0.39, 0.29) is 10.9 Å². The summed E-state index contributed by atoms with van der Waals surface area (Å²) < 4.78 is 23.4. The molecule has 0 saturated heterocycles. The summed E-state index contributed by atoms with van der Waals surface area (Å²) in [6.45, 7) is 0.320. The number of nitrogens with one attached hydrogen (secondary N) is 1. The Morgan fingerprint density at radius 3 is 3.17 bits per heavy atom. The number of alkyl carbamates (subject to hydrolysis) is 1. The molecule has 0 aromatic heterocycles. The number of halogens is 2. The van der Waals surface area contributed by atoms with E-state index in [1.807, 2.05) is 0 Å². The molecule has 4 nitrogen and oxygen atoms in total. The van der Waals surface area contributed by atoms with Crippen LogP contribution in [0.15, 0.2) is 12.1 Å². The molecule has 1 saturated carbocycles. The summed E-state index contributed by atoms with van der Waals surface area (Å²) in [4.78, 5) is 11.3. The van der Waals surface area contributed by atoms with Crippen LogP contribution in [-0.2, 0) is 4.74 Å². The van der Waals surface area contributed by atoms with Gasteiger partial charge in [0.25, 0.3) is 0 Å². The lowest BCUT2D eigenvalue weighted by molar-refractivity contribution is 0.153. The number of benzene rings is 1. The molecule has 0 bridgehead atoms. The summed E-state index contributed by atoms with van der Waals surface area (Å²) in [5, 5.41) is 2.84. The average Bonchev–Trinajstić information content (AvgIpc) is 3.06. The minimum atomic E-state index is -0.496. The summed E-state index contributed by atoms with van der Waals surface area (Å²) in [6.07, 6.45) is 0.259. The smallest absolute Gasteiger partial charge is 0.407 e. The van der Waals surface area contributed by atoms with E-state index < -0.39 is 17.4 Å². The van der Waals surface area contributed by atoms with Crippen molar-refractivity contribution in [2.45, 2.75) is 17.9 Å². The highest BCUT2D eigenvalue weighted by molar-refractivity contribution is 6.30. The van der Waals surface area contributed by atoms with Crippen LogP contribution in [0.3, 0.4) is 0 Å². The van der Waals surface area contributed by atoms with Gasteiger partial charge in [-0.1, -0.05) is 11.6 Å². The molecule has 0 unspecified atom stereocenters. The van der Waals surface area contributed by atoms with E-state index in [2.05, 4.69) is 10.1 Å². The molecule has 0 radical (unpaired) electrons. The number of fused-ring (bicyclic) bond motifs is 3. The molecule has 1 aliphatic heterocycles. The predicted octanol–water partition coefficient (Wildman–Crippen LogP) is 2.45. The molecule has 2 atom stereocenters. The van der Waals surface area contributed by atoms with Crippen molar-refractivity contribution in [3.05, 3.63) is 28.5 Å². The Morgan fingerprint density at radius 2 is 2.44 bits per heavy atom. The number of hydrogen-bond acceptors (Lipinski definition) is 3. The monoisotopic (exact) mass is 271 g/mol. The Bertz CT molecular complexity index is 536. The fourth-order valence-corrected chi connectivity index (χ4v) is 2.62. The van der Waals surface area contributed by atoms with Crippen molar-refractivity contribution in [2.75, 3.05) is 13.7 Å². The third kappa shape index (κ3) is 1.61. The van der Waals surface area contributed by atoms with Gasteiger partial charge in [0, 0.05) is 17.5 Å². The molecule has 3 rings (SSSR count). The van der Waals surface area contributed by atoms with Gasteiger partial charge in [-0.25, -0.2) is 9.18 Å². The largest absolute Gasteiger partial charge is 0.491 e. The van der Waals surface area contributed by atoms with Gasteiger partial charge in [0.1, 0.15) is 18.2 Å². The zero-order chi connectivity index (χ0) is 12.9. The van der Waals surface area contributed by atoms with Crippen LogP contribution < -0.4 is 10.1 Å². The summed E-state index contributed by atoms with van der Waals surface area (Å²) in [5.41, 5.74) is 0.408. The molecule has 2 aliphatic rings. The van der Waals surface area contributed by atoms with Crippen LogP contribution in [0.4, 0.5) is 9.18 Å². The van der Waals surface area contributed by atoms with Gasteiger partial charge in [-0.3, -0.25) is 0 Å². The quantitative estimate of drug-likeness (QED) is 0.853. The maximum atomic E-state index is 13.3. The first-order valence-electron chi connectivity index (χ1n) is 5.53. The van der Waals surface area contributed by atoms with Gasteiger partial charge in [-0.2, -0.15) is 0 Å². The van der Waals surface area contributed by atoms with Crippen molar-refractivity contribution in [2.24, 2.45) is 0 Å². The van der Waals surface area contributed by atoms with E-state index in [1.165, 1.54) is 13.2 Å². The fraction of sp³-hybridized carbons (Fsp3) is 0.417. The van der Waals surface area contributed by atoms with E-state index in [0.29, 0.717) is 12.4 Å². The van der Waals surface area contributed by atoms with Crippen LogP contribution in [-0.4, -0.2) is 25.3 Å². The van der Waals surface area contributed by atoms with Gasteiger partial charge in [-0.05, 0) is 12.5 Å². The number of amides is 1. The molecule has 1 amide bonds. The molecule has 18 heavy (non-hydrogen) atoms. The summed E-state index contributed by atoms with van der Waals surface area (Å²) in [7, 11) is 1.31. The van der Waals surface area contributed by atoms with Crippen molar-refractivity contribution in [1.82, 2.24) is 5.32 Å². The second-order valence-corrected chi connectivity index (χ2v) is 5.03. The second kappa shape index (κ2) is 3.75. The lowest BCUT2D eigenvalue weighted by atomic mass is 10.0. The number of methoxy groups -OCH3 is 1. The van der Waals surface area contributed by atoms with Crippen molar-refractivity contribution in [3.8, 4) is 5.75 Å². The first-order valence-corrected chi connectivity index (χ1v) is 5.91. The van der Waals surface area contributed by atoms with Gasteiger partial charge in [-0.15, -0.1) is 0 Å². The predicted molar refractivity (Wildman–Crippen MR) is 62.5 cm³/mol. The third-order valence-electron chi connectivity index (χ3n) is 3.53. The Balaban J connectivity index is 1.90. The van der Waals surface area contributed by atoms with E-state index in [0.717, 1.165) is 12.0 Å². The lowest BCUT2D eigenvalue weighted by Crippen LogP contribution is -2.44. The van der Waals surface area contributed by atoms with E-state index in [4.69, 9.17) is 16.3 Å². The van der Waals surface area contributed by atoms with Gasteiger partial charge in [0.05, 0.1) is 17.7 Å². The molecule has 1 aromatic rings. The average molecular weight is 272 g/mol. The fourth-order valence-electron chi connectivity index (χ4n) is 2.45. The number of hydrogen-bond donors (Lipinski definition) is 1. The Labute approximate surface area is 108 Å². The molecule has 0 spiro atoms. The van der Waals surface area contributed by atoms with Crippen LogP contribution in [0.5, 0.6) is 5.75 Å². The lowest BCUT2D eigenvalue weighted by Gasteiger charge is -2.25. The third-order valence-corrected chi connectivity index (χ3v) is 3.81. The van der Waals surface area contributed by atoms with Gasteiger partial charge >= 0.3 is 6.09 Å². The molecule has 1 aromatic carbocycles. The topological polar surface area (TPSA) is 47.6 Å². The van der Waals surface area contributed by atoms with Crippen molar-refractivity contribution < 1.29 is 18.7 Å². The molecule has 1 heterocycles. The van der Waals surface area contributed by atoms with Gasteiger partial charge in [0.2, 0.25) is 0 Å². The number of carbonyl (C=O) groups is 1. The van der Waals surface area contributed by atoms with Crippen molar-refractivity contribution in [1.29, 1.82) is 0 Å². The number of ether oxygens (including phenoxy) is 2. The summed E-state index contributed by atoms with van der Waals surface area (Å²) >= 11 is 5.77. The highest BCUT2D eigenvalue weighted by Gasteiger charge is 2.60. The first kappa shape index (κ1) is 11.6. The van der Waals surface area contributed by atoms with Crippen molar-refractivity contribution in [3.63, 3.8) is 0 Å². The molecule has 96 valence electrons. The zero-order valence-corrected chi connectivity index (χ0v) is 10.4. The number of rotatable bonds is 1. The van der Waals surface area contributed by atoms with Crippen LogP contribution >= 0.6 is 11.6 Å². The summed E-state index contributed by atoms with van der Waals surface area (Å²) in [6, 6.07) is 2.86. The summed E-state index contributed by atoms with van der Waals surface area (Å²) in [5.74, 6) is 0.115. The molecule has 6 heteroatoms. The Morgan fingerprint density at radius 1 is 1.67 bits per heavy atom. The highest BCUT2D eigenvalue weighted by atomic mass is 35.5. The van der Waals surface area contributed by atoms with Gasteiger partial charge in [0.15, 0.2) is 0 Å². The minimum Gasteiger partial charge on any atom is -0.491 e. The van der Waals surface area contributed by atoms with Crippen LogP contribution in [0.1, 0.15) is 17.9 Å². The van der Waals surface area contributed by atoms with Gasteiger partial charge < -0.3 is 14.8 Å². The molecule has 1 aliphatic carbocycles. The standard InChI is InChI=1S/C12H11ClFNO3/c1-17-11(16)15-12-4-7(12)6-2-8(13)9(14)3-10(6)18-5-12/h2-3,7H,4-5H2,1H3,(H,15,16)/t7-,12-/m0/s1. The first-order chi connectivity index (χ1) is 8.55. The molecule has 1 N–H and O–H groups in total. The van der Waals surface area contributed by atoms with E-state index in [1.54, 1.807) is 6.07 Å². The molecule has 1 fully saturated rings. The maximum Gasteiger partial charge on any atom is 0.407 e.